The van der Waals surface area contributed by atoms with Crippen LogP contribution in [0.2, 0.25) is 0 Å². The quantitative estimate of drug-likeness (QED) is 0.792. The number of hydrogen-bond acceptors (Lipinski definition) is 5. The van der Waals surface area contributed by atoms with E-state index < -0.39 is 21.5 Å². The van der Waals surface area contributed by atoms with Crippen LogP contribution in [0, 0.1) is 11.3 Å². The highest BCUT2D eigenvalue weighted by Crippen LogP contribution is 2.15. The Hall–Kier alpha value is -1.91. The molecule has 1 aromatic carbocycles. The van der Waals surface area contributed by atoms with Crippen molar-refractivity contribution < 1.29 is 13.2 Å². The SMILES string of the molecule is CC1CCCCN1CCNC(=O)CS(=O)(=O)Cc1ccc(C#N)cc1. The fraction of sp³-hybridized carbons (Fsp3) is 0.556. The van der Waals surface area contributed by atoms with Gasteiger partial charge in [0, 0.05) is 19.1 Å². The predicted octanol–water partition coefficient (Wildman–Crippen LogP) is 1.46. The van der Waals surface area contributed by atoms with Crippen molar-refractivity contribution in [3.63, 3.8) is 0 Å². The Morgan fingerprint density at radius 2 is 2.04 bits per heavy atom. The molecule has 25 heavy (non-hydrogen) atoms. The van der Waals surface area contributed by atoms with Gasteiger partial charge in [0.15, 0.2) is 9.84 Å². The summed E-state index contributed by atoms with van der Waals surface area (Å²) in [7, 11) is -3.53. The minimum absolute atomic E-state index is 0.199. The lowest BCUT2D eigenvalue weighted by Gasteiger charge is -2.33. The molecule has 2 rings (SSSR count). The summed E-state index contributed by atoms with van der Waals surface area (Å²) >= 11 is 0. The molecule has 7 heteroatoms. The van der Waals surface area contributed by atoms with E-state index in [1.54, 1.807) is 24.3 Å². The zero-order valence-electron chi connectivity index (χ0n) is 14.6. The number of nitrogens with one attached hydrogen (secondary N) is 1. The Balaban J connectivity index is 1.77. The molecule has 0 radical (unpaired) electrons. The van der Waals surface area contributed by atoms with E-state index in [4.69, 9.17) is 5.26 Å². The molecule has 1 aromatic rings. The van der Waals surface area contributed by atoms with Crippen molar-refractivity contribution in [2.75, 3.05) is 25.4 Å². The number of nitriles is 1. The molecule has 1 heterocycles. The first kappa shape index (κ1) is 19.4. The first-order valence-corrected chi connectivity index (χ1v) is 10.4. The van der Waals surface area contributed by atoms with Crippen molar-refractivity contribution in [3.8, 4) is 6.07 Å². The number of piperidine rings is 1. The van der Waals surface area contributed by atoms with E-state index in [0.717, 1.165) is 13.1 Å². The van der Waals surface area contributed by atoms with Crippen molar-refractivity contribution in [1.82, 2.24) is 10.2 Å². The summed E-state index contributed by atoms with van der Waals surface area (Å²) in [6.07, 6.45) is 3.60. The lowest BCUT2D eigenvalue weighted by Crippen LogP contribution is -2.43. The maximum absolute atomic E-state index is 12.1. The van der Waals surface area contributed by atoms with Gasteiger partial charge in [0.25, 0.3) is 0 Å². The molecule has 1 aliphatic heterocycles. The number of carbonyl (C=O) groups is 1. The molecule has 1 fully saturated rings. The van der Waals surface area contributed by atoms with Crippen LogP contribution in [0.3, 0.4) is 0 Å². The predicted molar refractivity (Wildman–Crippen MR) is 96.5 cm³/mol. The third-order valence-corrected chi connectivity index (χ3v) is 5.96. The van der Waals surface area contributed by atoms with Crippen LogP contribution in [0.25, 0.3) is 0 Å². The van der Waals surface area contributed by atoms with Gasteiger partial charge in [0.1, 0.15) is 5.75 Å². The van der Waals surface area contributed by atoms with Crippen LogP contribution in [0.5, 0.6) is 0 Å². The molecule has 0 spiro atoms. The van der Waals surface area contributed by atoms with Gasteiger partial charge < -0.3 is 5.32 Å². The summed E-state index contributed by atoms with van der Waals surface area (Å²) < 4.78 is 24.3. The van der Waals surface area contributed by atoms with E-state index in [2.05, 4.69) is 17.1 Å². The summed E-state index contributed by atoms with van der Waals surface area (Å²) in [4.78, 5) is 14.2. The Morgan fingerprint density at radius 1 is 1.32 bits per heavy atom. The van der Waals surface area contributed by atoms with E-state index in [0.29, 0.717) is 23.7 Å². The van der Waals surface area contributed by atoms with Gasteiger partial charge >= 0.3 is 0 Å². The standard InChI is InChI=1S/C18H25N3O3S/c1-15-4-2-3-10-21(15)11-9-20-18(22)14-25(23,24)13-17-7-5-16(12-19)6-8-17/h5-8,15H,2-4,9-11,13-14H2,1H3,(H,20,22). The first-order valence-electron chi connectivity index (χ1n) is 8.60. The Bertz CT molecular complexity index is 723. The monoisotopic (exact) mass is 363 g/mol. The molecule has 1 aliphatic rings. The lowest BCUT2D eigenvalue weighted by atomic mass is 10.0. The minimum atomic E-state index is -3.53. The van der Waals surface area contributed by atoms with Crippen molar-refractivity contribution >= 4 is 15.7 Å². The van der Waals surface area contributed by atoms with Gasteiger partial charge in [-0.3, -0.25) is 9.69 Å². The molecule has 136 valence electrons. The molecule has 1 amide bonds. The highest BCUT2D eigenvalue weighted by Gasteiger charge is 2.19. The van der Waals surface area contributed by atoms with Gasteiger partial charge in [0.2, 0.25) is 5.91 Å². The second-order valence-electron chi connectivity index (χ2n) is 6.57. The van der Waals surface area contributed by atoms with Crippen molar-refractivity contribution in [1.29, 1.82) is 5.26 Å². The van der Waals surface area contributed by atoms with Crippen molar-refractivity contribution in [2.24, 2.45) is 0 Å². The normalized spacial score (nSPS) is 18.5. The zero-order chi connectivity index (χ0) is 18.3. The summed E-state index contributed by atoms with van der Waals surface area (Å²) in [5, 5.41) is 11.5. The van der Waals surface area contributed by atoms with Gasteiger partial charge in [-0.25, -0.2) is 8.42 Å². The topological polar surface area (TPSA) is 90.3 Å². The van der Waals surface area contributed by atoms with E-state index in [-0.39, 0.29) is 5.75 Å². The highest BCUT2D eigenvalue weighted by molar-refractivity contribution is 7.91. The molecule has 0 bridgehead atoms. The maximum Gasteiger partial charge on any atom is 0.235 e. The van der Waals surface area contributed by atoms with Gasteiger partial charge in [-0.05, 0) is 44.0 Å². The molecule has 1 unspecified atom stereocenters. The van der Waals surface area contributed by atoms with Crippen LogP contribution < -0.4 is 5.32 Å². The Morgan fingerprint density at radius 3 is 2.68 bits per heavy atom. The second kappa shape index (κ2) is 8.97. The van der Waals surface area contributed by atoms with Gasteiger partial charge in [-0.1, -0.05) is 18.6 Å². The average molecular weight is 363 g/mol. The summed E-state index contributed by atoms with van der Waals surface area (Å²) in [6.45, 7) is 4.44. The summed E-state index contributed by atoms with van der Waals surface area (Å²) in [6, 6.07) is 8.86. The lowest BCUT2D eigenvalue weighted by molar-refractivity contribution is -0.118. The minimum Gasteiger partial charge on any atom is -0.354 e. The third-order valence-electron chi connectivity index (χ3n) is 4.48. The van der Waals surface area contributed by atoms with Crippen molar-refractivity contribution in [2.45, 2.75) is 38.0 Å². The number of benzene rings is 1. The van der Waals surface area contributed by atoms with Crippen LogP contribution in [0.1, 0.15) is 37.3 Å². The van der Waals surface area contributed by atoms with E-state index in [1.165, 1.54) is 19.3 Å². The number of rotatable bonds is 7. The van der Waals surface area contributed by atoms with Crippen LogP contribution in [0.15, 0.2) is 24.3 Å². The second-order valence-corrected chi connectivity index (χ2v) is 8.64. The van der Waals surface area contributed by atoms with Gasteiger partial charge in [0.05, 0.1) is 17.4 Å². The van der Waals surface area contributed by atoms with Crippen LogP contribution in [0.4, 0.5) is 0 Å². The Kier molecular flexibility index (Phi) is 6.97. The van der Waals surface area contributed by atoms with Crippen LogP contribution >= 0.6 is 0 Å². The van der Waals surface area contributed by atoms with Gasteiger partial charge in [-0.2, -0.15) is 5.26 Å². The molecule has 1 N–H and O–H groups in total. The molecule has 1 atom stereocenters. The fourth-order valence-electron chi connectivity index (χ4n) is 3.06. The van der Waals surface area contributed by atoms with Crippen LogP contribution in [-0.2, 0) is 20.4 Å². The van der Waals surface area contributed by atoms with E-state index in [9.17, 15) is 13.2 Å². The molecule has 0 aromatic heterocycles. The largest absolute Gasteiger partial charge is 0.354 e. The van der Waals surface area contributed by atoms with Crippen molar-refractivity contribution in [3.05, 3.63) is 35.4 Å². The number of amides is 1. The summed E-state index contributed by atoms with van der Waals surface area (Å²) in [5.41, 5.74) is 1.06. The average Bonchev–Trinajstić information content (AvgIpc) is 2.56. The number of nitrogens with zero attached hydrogens (tertiary/aromatic N) is 2. The van der Waals surface area contributed by atoms with E-state index >= 15 is 0 Å². The maximum atomic E-state index is 12.1. The number of hydrogen-bond donors (Lipinski definition) is 1. The fourth-order valence-corrected chi connectivity index (χ4v) is 4.36. The molecule has 1 saturated heterocycles. The van der Waals surface area contributed by atoms with E-state index in [1.807, 2.05) is 6.07 Å². The molecular weight excluding hydrogens is 338 g/mol. The zero-order valence-corrected chi connectivity index (χ0v) is 15.4. The smallest absolute Gasteiger partial charge is 0.235 e. The summed E-state index contributed by atoms with van der Waals surface area (Å²) in [5.74, 6) is -1.17. The number of carbonyl (C=O) groups excluding carboxylic acids is 1. The molecule has 6 nitrogen and oxygen atoms in total. The van der Waals surface area contributed by atoms with Crippen LogP contribution in [-0.4, -0.2) is 50.7 Å². The number of sulfone groups is 1. The highest BCUT2D eigenvalue weighted by atomic mass is 32.2. The van der Waals surface area contributed by atoms with Gasteiger partial charge in [-0.15, -0.1) is 0 Å². The molecule has 0 aliphatic carbocycles. The first-order chi connectivity index (χ1) is 11.9. The number of likely N-dealkylation sites (tertiary alicyclic amines) is 1. The third kappa shape index (κ3) is 6.48. The molecule has 0 saturated carbocycles. The molecular formula is C18H25N3O3S. The Labute approximate surface area is 149 Å².